The number of aliphatic carboxylic acids is 1. The monoisotopic (exact) mass is 396 g/mol. The first-order valence-corrected chi connectivity index (χ1v) is 7.12. The number of carboxylic acid groups (broad SMARTS) is 1. The Morgan fingerprint density at radius 3 is 2.74 bits per heavy atom. The van der Waals surface area contributed by atoms with Gasteiger partial charge in [-0.25, -0.2) is 4.79 Å². The third-order valence-corrected chi connectivity index (χ3v) is 3.28. The van der Waals surface area contributed by atoms with Crippen LogP contribution in [0.2, 0.25) is 5.02 Å². The summed E-state index contributed by atoms with van der Waals surface area (Å²) in [6, 6.07) is 4.76. The molecular formula is C12H14ClIN2O3. The Kier molecular flexibility index (Phi) is 6.36. The third kappa shape index (κ3) is 5.23. The van der Waals surface area contributed by atoms with E-state index < -0.39 is 12.0 Å². The summed E-state index contributed by atoms with van der Waals surface area (Å²) in [5.74, 6) is -1.04. The summed E-state index contributed by atoms with van der Waals surface area (Å²) in [5, 5.41) is 11.8. The predicted molar refractivity (Wildman–Crippen MR) is 82.7 cm³/mol. The van der Waals surface area contributed by atoms with Crippen LogP contribution in [0.25, 0.3) is 0 Å². The van der Waals surface area contributed by atoms with Gasteiger partial charge in [-0.1, -0.05) is 18.5 Å². The fourth-order valence-electron chi connectivity index (χ4n) is 1.47. The zero-order valence-electron chi connectivity index (χ0n) is 10.3. The largest absolute Gasteiger partial charge is 0.480 e. The maximum Gasteiger partial charge on any atom is 0.323 e. The van der Waals surface area contributed by atoms with Crippen molar-refractivity contribution in [1.82, 2.24) is 4.90 Å². The molecule has 0 radical (unpaired) electrons. The Labute approximate surface area is 130 Å². The molecule has 0 saturated carbocycles. The van der Waals surface area contributed by atoms with Gasteiger partial charge in [0.2, 0.25) is 0 Å². The summed E-state index contributed by atoms with van der Waals surface area (Å²) in [4.78, 5) is 23.9. The van der Waals surface area contributed by atoms with E-state index in [1.54, 1.807) is 12.1 Å². The van der Waals surface area contributed by atoms with E-state index >= 15 is 0 Å². The van der Waals surface area contributed by atoms with Gasteiger partial charge < -0.3 is 15.3 Å². The van der Waals surface area contributed by atoms with Crippen LogP contribution in [0.4, 0.5) is 10.5 Å². The van der Waals surface area contributed by atoms with Crippen molar-refractivity contribution in [3.05, 3.63) is 26.8 Å². The number of rotatable bonds is 5. The highest BCUT2D eigenvalue weighted by atomic mass is 127. The summed E-state index contributed by atoms with van der Waals surface area (Å²) < 4.78 is 0.928. The second-order valence-corrected chi connectivity index (χ2v) is 5.52. The van der Waals surface area contributed by atoms with Gasteiger partial charge >= 0.3 is 12.0 Å². The molecule has 1 aromatic rings. The van der Waals surface area contributed by atoms with E-state index in [9.17, 15) is 9.59 Å². The third-order valence-electron chi connectivity index (χ3n) is 2.28. The van der Waals surface area contributed by atoms with Crippen molar-refractivity contribution >= 4 is 51.9 Å². The Balaban J connectivity index is 2.80. The van der Waals surface area contributed by atoms with Crippen molar-refractivity contribution in [3.63, 3.8) is 0 Å². The number of hydrogen-bond acceptors (Lipinski definition) is 2. The lowest BCUT2D eigenvalue weighted by Gasteiger charge is -2.20. The first-order chi connectivity index (χ1) is 8.93. The van der Waals surface area contributed by atoms with Crippen LogP contribution in [0.1, 0.15) is 13.3 Å². The van der Waals surface area contributed by atoms with Crippen LogP contribution in [-0.2, 0) is 4.79 Å². The molecule has 7 heteroatoms. The predicted octanol–water partition coefficient (Wildman–Crippen LogP) is 3.27. The van der Waals surface area contributed by atoms with Crippen molar-refractivity contribution < 1.29 is 14.7 Å². The lowest BCUT2D eigenvalue weighted by atomic mass is 10.3. The first-order valence-electron chi connectivity index (χ1n) is 5.66. The van der Waals surface area contributed by atoms with E-state index in [0.717, 1.165) is 3.57 Å². The molecule has 0 aromatic heterocycles. The molecule has 0 aliphatic rings. The minimum atomic E-state index is -1.04. The van der Waals surface area contributed by atoms with Crippen LogP contribution >= 0.6 is 34.2 Å². The number of hydrogen-bond donors (Lipinski definition) is 2. The van der Waals surface area contributed by atoms with Crippen molar-refractivity contribution in [1.29, 1.82) is 0 Å². The number of benzene rings is 1. The maximum absolute atomic E-state index is 12.0. The molecule has 0 bridgehead atoms. The fraction of sp³-hybridized carbons (Fsp3) is 0.333. The number of carbonyl (C=O) groups excluding carboxylic acids is 1. The molecule has 0 saturated heterocycles. The van der Waals surface area contributed by atoms with Gasteiger partial charge in [-0.15, -0.1) is 0 Å². The van der Waals surface area contributed by atoms with Crippen molar-refractivity contribution in [2.45, 2.75) is 13.3 Å². The number of carbonyl (C=O) groups is 2. The number of nitrogens with zero attached hydrogens (tertiary/aromatic N) is 1. The van der Waals surface area contributed by atoms with Gasteiger partial charge in [0.15, 0.2) is 0 Å². The molecule has 2 amide bonds. The second kappa shape index (κ2) is 7.54. The second-order valence-electron chi connectivity index (χ2n) is 3.87. The highest BCUT2D eigenvalue weighted by molar-refractivity contribution is 14.1. The summed E-state index contributed by atoms with van der Waals surface area (Å²) in [6.45, 7) is 1.92. The minimum absolute atomic E-state index is 0.332. The van der Waals surface area contributed by atoms with E-state index in [2.05, 4.69) is 27.9 Å². The molecule has 1 rings (SSSR count). The van der Waals surface area contributed by atoms with Gasteiger partial charge in [-0.05, 0) is 47.2 Å². The van der Waals surface area contributed by atoms with Gasteiger partial charge in [-0.3, -0.25) is 4.79 Å². The van der Waals surface area contributed by atoms with E-state index in [4.69, 9.17) is 16.7 Å². The maximum atomic E-state index is 12.0. The molecule has 0 aliphatic carbocycles. The number of nitrogens with one attached hydrogen (secondary N) is 1. The molecule has 0 heterocycles. The lowest BCUT2D eigenvalue weighted by molar-refractivity contribution is -0.137. The summed E-state index contributed by atoms with van der Waals surface area (Å²) >= 11 is 8.08. The molecule has 0 atom stereocenters. The standard InChI is InChI=1S/C12H14ClIN2O3/c1-2-5-16(7-11(17)18)12(19)15-10-6-8(14)3-4-9(10)13/h3-4,6H,2,5,7H2,1H3,(H,15,19)(H,17,18). The summed E-state index contributed by atoms with van der Waals surface area (Å²) in [7, 11) is 0. The number of halogens is 2. The van der Waals surface area contributed by atoms with Gasteiger partial charge in [-0.2, -0.15) is 0 Å². The zero-order chi connectivity index (χ0) is 14.4. The first kappa shape index (κ1) is 16.0. The molecule has 0 unspecified atom stereocenters. The van der Waals surface area contributed by atoms with Gasteiger partial charge in [0.1, 0.15) is 6.54 Å². The molecule has 104 valence electrons. The van der Waals surface area contributed by atoms with Crippen molar-refractivity contribution in [3.8, 4) is 0 Å². The van der Waals surface area contributed by atoms with Gasteiger partial charge in [0.05, 0.1) is 10.7 Å². The summed E-state index contributed by atoms with van der Waals surface area (Å²) in [5.41, 5.74) is 0.477. The zero-order valence-corrected chi connectivity index (χ0v) is 13.2. The number of amides is 2. The lowest BCUT2D eigenvalue weighted by Crippen LogP contribution is -2.39. The van der Waals surface area contributed by atoms with Crippen molar-refractivity contribution in [2.75, 3.05) is 18.4 Å². The van der Waals surface area contributed by atoms with Crippen LogP contribution in [-0.4, -0.2) is 35.1 Å². The van der Waals surface area contributed by atoms with E-state index in [-0.39, 0.29) is 6.54 Å². The Bertz CT molecular complexity index is 482. The molecule has 19 heavy (non-hydrogen) atoms. The van der Waals surface area contributed by atoms with Crippen LogP contribution in [0, 0.1) is 3.57 Å². The highest BCUT2D eigenvalue weighted by Crippen LogP contribution is 2.24. The number of carboxylic acids is 1. The normalized spacial score (nSPS) is 10.1. The smallest absolute Gasteiger partial charge is 0.323 e. The number of anilines is 1. The SMILES string of the molecule is CCCN(CC(=O)O)C(=O)Nc1cc(I)ccc1Cl. The summed E-state index contributed by atoms with van der Waals surface area (Å²) in [6.07, 6.45) is 0.681. The Morgan fingerprint density at radius 1 is 1.47 bits per heavy atom. The molecule has 0 spiro atoms. The molecule has 1 aromatic carbocycles. The highest BCUT2D eigenvalue weighted by Gasteiger charge is 2.16. The molecular weight excluding hydrogens is 383 g/mol. The van der Waals surface area contributed by atoms with E-state index in [0.29, 0.717) is 23.7 Å². The Hall–Kier alpha value is -1.02. The van der Waals surface area contributed by atoms with Crippen LogP contribution in [0.3, 0.4) is 0 Å². The molecule has 2 N–H and O–H groups in total. The average molecular weight is 397 g/mol. The minimum Gasteiger partial charge on any atom is -0.480 e. The van der Waals surface area contributed by atoms with Crippen LogP contribution < -0.4 is 5.32 Å². The molecule has 0 aliphatic heterocycles. The van der Waals surface area contributed by atoms with Gasteiger partial charge in [0.25, 0.3) is 0 Å². The fourth-order valence-corrected chi connectivity index (χ4v) is 2.13. The number of urea groups is 1. The quantitative estimate of drug-likeness (QED) is 0.751. The van der Waals surface area contributed by atoms with E-state index in [1.807, 2.05) is 13.0 Å². The van der Waals surface area contributed by atoms with Gasteiger partial charge in [0, 0.05) is 10.1 Å². The topological polar surface area (TPSA) is 69.6 Å². The van der Waals surface area contributed by atoms with Crippen LogP contribution in [0.15, 0.2) is 18.2 Å². The van der Waals surface area contributed by atoms with Crippen molar-refractivity contribution in [2.24, 2.45) is 0 Å². The average Bonchev–Trinajstić information content (AvgIpc) is 2.32. The van der Waals surface area contributed by atoms with E-state index in [1.165, 1.54) is 4.90 Å². The van der Waals surface area contributed by atoms with Crippen LogP contribution in [0.5, 0.6) is 0 Å². The molecule has 5 nitrogen and oxygen atoms in total. The Morgan fingerprint density at radius 2 is 2.16 bits per heavy atom. The molecule has 0 fully saturated rings.